The van der Waals surface area contributed by atoms with Gasteiger partial charge in [-0.15, -0.1) is 0 Å². The van der Waals surface area contributed by atoms with E-state index in [1.807, 2.05) is 13.8 Å². The molecule has 17 heavy (non-hydrogen) atoms. The predicted molar refractivity (Wildman–Crippen MR) is 65.8 cm³/mol. The Kier molecular flexibility index (Phi) is 4.28. The van der Waals surface area contributed by atoms with Gasteiger partial charge in [-0.05, 0) is 33.3 Å². The van der Waals surface area contributed by atoms with Crippen molar-refractivity contribution in [2.24, 2.45) is 0 Å². The largest absolute Gasteiger partial charge is 0.389 e. The van der Waals surface area contributed by atoms with Gasteiger partial charge in [0.2, 0.25) is 0 Å². The highest BCUT2D eigenvalue weighted by atomic mass is 16.3. The lowest BCUT2D eigenvalue weighted by atomic mass is 10.1. The summed E-state index contributed by atoms with van der Waals surface area (Å²) in [5, 5.41) is 16.6. The van der Waals surface area contributed by atoms with Crippen LogP contribution in [-0.4, -0.2) is 44.8 Å². The molecule has 96 valence electrons. The first-order chi connectivity index (χ1) is 7.87. The van der Waals surface area contributed by atoms with Gasteiger partial charge in [0.15, 0.2) is 0 Å². The van der Waals surface area contributed by atoms with Crippen LogP contribution in [0, 0.1) is 0 Å². The number of nitrogens with one attached hydrogen (secondary N) is 1. The third kappa shape index (κ3) is 3.85. The van der Waals surface area contributed by atoms with Crippen LogP contribution in [0.3, 0.4) is 0 Å². The third-order valence-electron chi connectivity index (χ3n) is 2.48. The maximum absolute atomic E-state index is 12.1. The second-order valence-electron chi connectivity index (χ2n) is 4.76. The van der Waals surface area contributed by atoms with Gasteiger partial charge < -0.3 is 10.0 Å². The summed E-state index contributed by atoms with van der Waals surface area (Å²) in [7, 11) is 0. The number of aromatic amines is 1. The normalized spacial score (nSPS) is 11.6. The number of aliphatic hydroxyl groups is 1. The van der Waals surface area contributed by atoms with Crippen molar-refractivity contribution in [1.82, 2.24) is 15.1 Å². The minimum absolute atomic E-state index is 0.148. The molecule has 1 rings (SSSR count). The van der Waals surface area contributed by atoms with Crippen LogP contribution in [0.15, 0.2) is 6.07 Å². The quantitative estimate of drug-likeness (QED) is 0.811. The Labute approximate surface area is 102 Å². The van der Waals surface area contributed by atoms with Gasteiger partial charge in [0.05, 0.1) is 5.60 Å². The lowest BCUT2D eigenvalue weighted by Crippen LogP contribution is -2.42. The molecule has 5 heteroatoms. The maximum Gasteiger partial charge on any atom is 0.274 e. The fourth-order valence-corrected chi connectivity index (χ4v) is 1.61. The fourth-order valence-electron chi connectivity index (χ4n) is 1.61. The molecule has 0 saturated carbocycles. The van der Waals surface area contributed by atoms with Crippen molar-refractivity contribution in [2.75, 3.05) is 13.1 Å². The van der Waals surface area contributed by atoms with E-state index in [2.05, 4.69) is 10.2 Å². The molecule has 0 radical (unpaired) electrons. The van der Waals surface area contributed by atoms with Gasteiger partial charge in [-0.2, -0.15) is 5.10 Å². The van der Waals surface area contributed by atoms with Crippen molar-refractivity contribution in [2.45, 2.75) is 39.7 Å². The van der Waals surface area contributed by atoms with Crippen molar-refractivity contribution >= 4 is 5.91 Å². The molecule has 0 aromatic carbocycles. The topological polar surface area (TPSA) is 69.2 Å². The molecule has 0 aliphatic heterocycles. The zero-order valence-corrected chi connectivity index (χ0v) is 10.9. The monoisotopic (exact) mass is 239 g/mol. The van der Waals surface area contributed by atoms with E-state index in [9.17, 15) is 9.90 Å². The molecular formula is C12H21N3O2. The Hall–Kier alpha value is -1.36. The van der Waals surface area contributed by atoms with E-state index in [-0.39, 0.29) is 5.91 Å². The summed E-state index contributed by atoms with van der Waals surface area (Å²) in [6.45, 7) is 8.11. The highest BCUT2D eigenvalue weighted by molar-refractivity contribution is 5.92. The van der Waals surface area contributed by atoms with E-state index in [0.717, 1.165) is 12.1 Å². The van der Waals surface area contributed by atoms with Crippen LogP contribution in [0.1, 0.15) is 43.9 Å². The fraction of sp³-hybridized carbons (Fsp3) is 0.667. The van der Waals surface area contributed by atoms with Gasteiger partial charge in [-0.1, -0.05) is 6.92 Å². The summed E-state index contributed by atoms with van der Waals surface area (Å²) in [5.74, 6) is -0.148. The Bertz CT molecular complexity index is 379. The number of carbonyl (C=O) groups is 1. The average molecular weight is 239 g/mol. The summed E-state index contributed by atoms with van der Waals surface area (Å²) in [6.07, 6.45) is 0.817. The van der Waals surface area contributed by atoms with Crippen molar-refractivity contribution in [3.8, 4) is 0 Å². The van der Waals surface area contributed by atoms with Crippen molar-refractivity contribution < 1.29 is 9.90 Å². The number of H-pyrrole nitrogens is 1. The number of nitrogens with zero attached hydrogens (tertiary/aromatic N) is 2. The summed E-state index contributed by atoms with van der Waals surface area (Å²) in [4.78, 5) is 13.7. The molecule has 5 nitrogen and oxygen atoms in total. The van der Waals surface area contributed by atoms with Crippen LogP contribution < -0.4 is 0 Å². The second-order valence-corrected chi connectivity index (χ2v) is 4.76. The van der Waals surface area contributed by atoms with Crippen molar-refractivity contribution in [3.63, 3.8) is 0 Å². The molecular weight excluding hydrogens is 218 g/mol. The Morgan fingerprint density at radius 1 is 1.53 bits per heavy atom. The molecule has 0 bridgehead atoms. The summed E-state index contributed by atoms with van der Waals surface area (Å²) in [6, 6.07) is 1.76. The van der Waals surface area contributed by atoms with Crippen LogP contribution >= 0.6 is 0 Å². The molecule has 1 heterocycles. The molecule has 1 amide bonds. The number of hydrogen-bond donors (Lipinski definition) is 2. The summed E-state index contributed by atoms with van der Waals surface area (Å²) in [5.41, 5.74) is 0.454. The van der Waals surface area contributed by atoms with Crippen LogP contribution in [-0.2, 0) is 6.42 Å². The van der Waals surface area contributed by atoms with Gasteiger partial charge >= 0.3 is 0 Å². The van der Waals surface area contributed by atoms with Crippen LogP contribution in [0.5, 0.6) is 0 Å². The van der Waals surface area contributed by atoms with Gasteiger partial charge in [0, 0.05) is 18.8 Å². The molecule has 0 atom stereocenters. The van der Waals surface area contributed by atoms with Gasteiger partial charge in [-0.25, -0.2) is 0 Å². The smallest absolute Gasteiger partial charge is 0.274 e. The first-order valence-corrected chi connectivity index (χ1v) is 5.93. The van der Waals surface area contributed by atoms with Gasteiger partial charge in [-0.3, -0.25) is 9.89 Å². The van der Waals surface area contributed by atoms with Crippen LogP contribution in [0.4, 0.5) is 0 Å². The van der Waals surface area contributed by atoms with Crippen molar-refractivity contribution in [3.05, 3.63) is 17.5 Å². The molecule has 0 saturated heterocycles. The van der Waals surface area contributed by atoms with Crippen molar-refractivity contribution in [1.29, 1.82) is 0 Å². The SMILES string of the molecule is CCc1cc(C(=O)N(CC)CC(C)(C)O)n[nH]1. The first kappa shape index (κ1) is 13.7. The Balaban J connectivity index is 2.79. The highest BCUT2D eigenvalue weighted by Crippen LogP contribution is 2.09. The summed E-state index contributed by atoms with van der Waals surface area (Å²) >= 11 is 0. The van der Waals surface area contributed by atoms with Crippen LogP contribution in [0.25, 0.3) is 0 Å². The number of hydrogen-bond acceptors (Lipinski definition) is 3. The molecule has 0 aliphatic rings. The first-order valence-electron chi connectivity index (χ1n) is 5.93. The number of carbonyl (C=O) groups excluding carboxylic acids is 1. The number of likely N-dealkylation sites (N-methyl/N-ethyl adjacent to an activating group) is 1. The zero-order valence-electron chi connectivity index (χ0n) is 10.9. The highest BCUT2D eigenvalue weighted by Gasteiger charge is 2.23. The van der Waals surface area contributed by atoms with E-state index in [1.165, 1.54) is 0 Å². The minimum Gasteiger partial charge on any atom is -0.389 e. The number of aryl methyl sites for hydroxylation is 1. The lowest BCUT2D eigenvalue weighted by Gasteiger charge is -2.27. The number of rotatable bonds is 5. The maximum atomic E-state index is 12.1. The zero-order chi connectivity index (χ0) is 13.1. The van der Waals surface area contributed by atoms with E-state index >= 15 is 0 Å². The molecule has 0 aliphatic carbocycles. The number of amides is 1. The lowest BCUT2D eigenvalue weighted by molar-refractivity contribution is 0.0311. The second kappa shape index (κ2) is 5.31. The molecule has 0 fully saturated rings. The minimum atomic E-state index is -0.893. The average Bonchev–Trinajstić information content (AvgIpc) is 2.72. The molecule has 2 N–H and O–H groups in total. The standard InChI is InChI=1S/C12H21N3O2/c1-5-9-7-10(14-13-9)11(16)15(6-2)8-12(3,4)17/h7,17H,5-6,8H2,1-4H3,(H,13,14). The Morgan fingerprint density at radius 2 is 2.18 bits per heavy atom. The van der Waals surface area contributed by atoms with E-state index in [4.69, 9.17) is 0 Å². The third-order valence-corrected chi connectivity index (χ3v) is 2.48. The Morgan fingerprint density at radius 3 is 2.59 bits per heavy atom. The molecule has 1 aromatic heterocycles. The van der Waals surface area contributed by atoms with Crippen LogP contribution in [0.2, 0.25) is 0 Å². The molecule has 1 aromatic rings. The number of aromatic nitrogens is 2. The predicted octanol–water partition coefficient (Wildman–Crippen LogP) is 1.21. The van der Waals surface area contributed by atoms with Gasteiger partial charge in [0.25, 0.3) is 5.91 Å². The molecule has 0 unspecified atom stereocenters. The van der Waals surface area contributed by atoms with E-state index in [1.54, 1.807) is 24.8 Å². The molecule has 0 spiro atoms. The summed E-state index contributed by atoms with van der Waals surface area (Å²) < 4.78 is 0. The van der Waals surface area contributed by atoms with E-state index in [0.29, 0.717) is 18.8 Å². The van der Waals surface area contributed by atoms with E-state index < -0.39 is 5.60 Å². The van der Waals surface area contributed by atoms with Gasteiger partial charge in [0.1, 0.15) is 5.69 Å².